The number of Topliss-reactive ketones (excluding diaryl/α,β-unsaturated/α-hetero) is 1. The fourth-order valence-corrected chi connectivity index (χ4v) is 1.58. The van der Waals surface area contributed by atoms with Crippen LogP contribution in [0.3, 0.4) is 0 Å². The van der Waals surface area contributed by atoms with E-state index in [4.69, 9.17) is 5.11 Å². The van der Waals surface area contributed by atoms with E-state index in [0.717, 1.165) is 6.42 Å². The molecule has 2 unspecified atom stereocenters. The Labute approximate surface area is 98.9 Å². The summed E-state index contributed by atoms with van der Waals surface area (Å²) in [5.41, 5.74) is 0.148. The van der Waals surface area contributed by atoms with Gasteiger partial charge in [0.2, 0.25) is 0 Å². The third-order valence-corrected chi connectivity index (χ3v) is 2.78. The first-order chi connectivity index (χ1) is 7.28. The van der Waals surface area contributed by atoms with E-state index < -0.39 is 6.10 Å². The Hall–Kier alpha value is -0.410. The fourth-order valence-electron chi connectivity index (χ4n) is 1.58. The molecule has 0 aliphatic heterocycles. The molecule has 3 heteroatoms. The van der Waals surface area contributed by atoms with E-state index in [2.05, 4.69) is 20.8 Å². The largest absolute Gasteiger partial charge is 0.396 e. The van der Waals surface area contributed by atoms with E-state index in [1.807, 2.05) is 6.92 Å². The molecule has 2 N–H and O–H groups in total. The third kappa shape index (κ3) is 6.96. The van der Waals surface area contributed by atoms with Crippen LogP contribution in [-0.4, -0.2) is 28.7 Å². The number of ketones is 1. The summed E-state index contributed by atoms with van der Waals surface area (Å²) in [7, 11) is 0. The topological polar surface area (TPSA) is 57.5 Å². The van der Waals surface area contributed by atoms with Crippen LogP contribution in [0.15, 0.2) is 0 Å². The molecule has 0 aliphatic rings. The van der Waals surface area contributed by atoms with E-state index >= 15 is 0 Å². The summed E-state index contributed by atoms with van der Waals surface area (Å²) in [6, 6.07) is 0. The van der Waals surface area contributed by atoms with Gasteiger partial charge in [-0.3, -0.25) is 4.79 Å². The van der Waals surface area contributed by atoms with Crippen molar-refractivity contribution in [1.82, 2.24) is 0 Å². The first-order valence-corrected chi connectivity index (χ1v) is 6.10. The van der Waals surface area contributed by atoms with Crippen molar-refractivity contribution in [3.63, 3.8) is 0 Å². The van der Waals surface area contributed by atoms with E-state index in [0.29, 0.717) is 19.3 Å². The minimum absolute atomic E-state index is 0.0855. The molecule has 0 heterocycles. The molecule has 0 saturated carbocycles. The summed E-state index contributed by atoms with van der Waals surface area (Å²) in [5.74, 6) is -0.236. The number of hydrogen-bond acceptors (Lipinski definition) is 3. The van der Waals surface area contributed by atoms with Crippen LogP contribution in [0.25, 0.3) is 0 Å². The van der Waals surface area contributed by atoms with Crippen LogP contribution in [0.2, 0.25) is 0 Å². The van der Waals surface area contributed by atoms with Gasteiger partial charge in [0, 0.05) is 12.5 Å². The smallest absolute Gasteiger partial charge is 0.164 e. The molecule has 3 nitrogen and oxygen atoms in total. The predicted molar refractivity (Wildman–Crippen MR) is 65.2 cm³/mol. The maximum absolute atomic E-state index is 11.7. The zero-order chi connectivity index (χ0) is 12.8. The highest BCUT2D eigenvalue weighted by atomic mass is 16.3. The molecule has 0 radical (unpaired) electrons. The van der Waals surface area contributed by atoms with Crippen molar-refractivity contribution >= 4 is 5.78 Å². The van der Waals surface area contributed by atoms with Crippen LogP contribution in [0.5, 0.6) is 0 Å². The zero-order valence-electron chi connectivity index (χ0n) is 11.0. The Kier molecular flexibility index (Phi) is 6.84. The second-order valence-corrected chi connectivity index (χ2v) is 5.78. The lowest BCUT2D eigenvalue weighted by atomic mass is 9.86. The lowest BCUT2D eigenvalue weighted by Crippen LogP contribution is -2.28. The van der Waals surface area contributed by atoms with Gasteiger partial charge in [-0.05, 0) is 31.1 Å². The fraction of sp³-hybridized carbons (Fsp3) is 0.923. The monoisotopic (exact) mass is 230 g/mol. The Morgan fingerprint density at radius 1 is 1.25 bits per heavy atom. The number of carbonyl (C=O) groups is 1. The molecule has 16 heavy (non-hydrogen) atoms. The standard InChI is InChI=1S/C13H26O3/c1-10(6-5-9-14)12(16)11(15)7-8-13(2,3)4/h10-11,14-15H,5-9H2,1-4H3. The average molecular weight is 230 g/mol. The molecule has 0 spiro atoms. The number of aliphatic hydroxyl groups excluding tert-OH is 2. The highest BCUT2D eigenvalue weighted by molar-refractivity contribution is 5.84. The van der Waals surface area contributed by atoms with E-state index in [9.17, 15) is 9.90 Å². The molecule has 0 aromatic rings. The van der Waals surface area contributed by atoms with Gasteiger partial charge in [-0.25, -0.2) is 0 Å². The van der Waals surface area contributed by atoms with E-state index in [1.165, 1.54) is 0 Å². The predicted octanol–water partition coefficient (Wildman–Crippen LogP) is 2.15. The van der Waals surface area contributed by atoms with Gasteiger partial charge in [-0.2, -0.15) is 0 Å². The maximum atomic E-state index is 11.7. The minimum Gasteiger partial charge on any atom is -0.396 e. The van der Waals surface area contributed by atoms with E-state index in [-0.39, 0.29) is 23.7 Å². The van der Waals surface area contributed by atoms with Crippen molar-refractivity contribution in [3.8, 4) is 0 Å². The Morgan fingerprint density at radius 2 is 1.81 bits per heavy atom. The van der Waals surface area contributed by atoms with Gasteiger partial charge in [-0.15, -0.1) is 0 Å². The number of carbonyl (C=O) groups excluding carboxylic acids is 1. The maximum Gasteiger partial charge on any atom is 0.164 e. The molecule has 2 atom stereocenters. The normalized spacial score (nSPS) is 15.9. The molecule has 0 aromatic carbocycles. The van der Waals surface area contributed by atoms with Crippen molar-refractivity contribution in [2.45, 2.75) is 59.5 Å². The highest BCUT2D eigenvalue weighted by Gasteiger charge is 2.23. The van der Waals surface area contributed by atoms with Crippen LogP contribution in [0, 0.1) is 11.3 Å². The van der Waals surface area contributed by atoms with Crippen molar-refractivity contribution in [2.24, 2.45) is 11.3 Å². The summed E-state index contributed by atoms with van der Waals surface area (Å²) < 4.78 is 0. The molecule has 96 valence electrons. The molecule has 0 saturated heterocycles. The van der Waals surface area contributed by atoms with E-state index in [1.54, 1.807) is 0 Å². The number of aliphatic hydroxyl groups is 2. The zero-order valence-corrected chi connectivity index (χ0v) is 11.0. The average Bonchev–Trinajstić information content (AvgIpc) is 2.20. The quantitative estimate of drug-likeness (QED) is 0.704. The second-order valence-electron chi connectivity index (χ2n) is 5.78. The Bertz CT molecular complexity index is 206. The SMILES string of the molecule is CC(CCCO)C(=O)C(O)CCC(C)(C)C. The molecule has 0 bridgehead atoms. The van der Waals surface area contributed by atoms with Gasteiger partial charge in [0.25, 0.3) is 0 Å². The molecular weight excluding hydrogens is 204 g/mol. The Morgan fingerprint density at radius 3 is 2.25 bits per heavy atom. The van der Waals surface area contributed by atoms with Gasteiger partial charge in [-0.1, -0.05) is 27.7 Å². The minimum atomic E-state index is -0.840. The first kappa shape index (κ1) is 15.6. The van der Waals surface area contributed by atoms with Crippen molar-refractivity contribution in [3.05, 3.63) is 0 Å². The lowest BCUT2D eigenvalue weighted by Gasteiger charge is -2.21. The highest BCUT2D eigenvalue weighted by Crippen LogP contribution is 2.23. The summed E-state index contributed by atoms with van der Waals surface area (Å²) in [6.07, 6.45) is 1.81. The van der Waals surface area contributed by atoms with Crippen molar-refractivity contribution < 1.29 is 15.0 Å². The molecular formula is C13H26O3. The summed E-state index contributed by atoms with van der Waals surface area (Å²) >= 11 is 0. The molecule has 0 amide bonds. The van der Waals surface area contributed by atoms with Crippen LogP contribution >= 0.6 is 0 Å². The van der Waals surface area contributed by atoms with Gasteiger partial charge in [0.05, 0.1) is 0 Å². The van der Waals surface area contributed by atoms with Crippen molar-refractivity contribution in [1.29, 1.82) is 0 Å². The third-order valence-electron chi connectivity index (χ3n) is 2.78. The van der Waals surface area contributed by atoms with Crippen LogP contribution in [0.1, 0.15) is 53.4 Å². The molecule has 0 aliphatic carbocycles. The molecule has 0 fully saturated rings. The van der Waals surface area contributed by atoms with Gasteiger partial charge in [0.1, 0.15) is 6.10 Å². The van der Waals surface area contributed by atoms with Gasteiger partial charge in [0.15, 0.2) is 5.78 Å². The first-order valence-electron chi connectivity index (χ1n) is 6.10. The van der Waals surface area contributed by atoms with Crippen LogP contribution < -0.4 is 0 Å². The second kappa shape index (κ2) is 7.02. The summed E-state index contributed by atoms with van der Waals surface area (Å²) in [5, 5.41) is 18.4. The Balaban J connectivity index is 3.98. The number of hydrogen-bond donors (Lipinski definition) is 2. The van der Waals surface area contributed by atoms with Crippen molar-refractivity contribution in [2.75, 3.05) is 6.61 Å². The summed E-state index contributed by atoms with van der Waals surface area (Å²) in [4.78, 5) is 11.7. The lowest BCUT2D eigenvalue weighted by molar-refractivity contribution is -0.131. The summed E-state index contributed by atoms with van der Waals surface area (Å²) in [6.45, 7) is 8.21. The van der Waals surface area contributed by atoms with Crippen LogP contribution in [0.4, 0.5) is 0 Å². The van der Waals surface area contributed by atoms with Crippen LogP contribution in [-0.2, 0) is 4.79 Å². The van der Waals surface area contributed by atoms with Gasteiger partial charge >= 0.3 is 0 Å². The number of rotatable bonds is 7. The molecule has 0 aromatic heterocycles. The molecule has 0 rings (SSSR count). The van der Waals surface area contributed by atoms with Gasteiger partial charge < -0.3 is 10.2 Å².